The highest BCUT2D eigenvalue weighted by atomic mass is 79.9. The molecule has 0 spiro atoms. The van der Waals surface area contributed by atoms with Crippen LogP contribution in [0.25, 0.3) is 5.65 Å². The summed E-state index contributed by atoms with van der Waals surface area (Å²) < 4.78 is 2.62. The lowest BCUT2D eigenvalue weighted by Gasteiger charge is -2.35. The second kappa shape index (κ2) is 6.45. The molecule has 2 aromatic rings. The summed E-state index contributed by atoms with van der Waals surface area (Å²) in [4.78, 5) is 20.4. The Hall–Kier alpha value is -1.28. The predicted molar refractivity (Wildman–Crippen MR) is 92.6 cm³/mol. The third kappa shape index (κ3) is 3.22. The third-order valence-corrected chi connectivity index (χ3v) is 4.98. The van der Waals surface area contributed by atoms with Gasteiger partial charge in [0.15, 0.2) is 5.65 Å². The Balaban J connectivity index is 1.67. The Labute approximate surface area is 142 Å². The van der Waals surface area contributed by atoms with E-state index < -0.39 is 0 Å². The molecule has 0 radical (unpaired) electrons. The Morgan fingerprint density at radius 3 is 2.68 bits per heavy atom. The van der Waals surface area contributed by atoms with Crippen molar-refractivity contribution in [2.24, 2.45) is 0 Å². The van der Waals surface area contributed by atoms with Gasteiger partial charge in [-0.2, -0.15) is 0 Å². The number of amides is 1. The highest BCUT2D eigenvalue weighted by Crippen LogP contribution is 2.20. The van der Waals surface area contributed by atoms with Crippen LogP contribution < -0.4 is 4.90 Å². The second-order valence-corrected chi connectivity index (χ2v) is 7.79. The van der Waals surface area contributed by atoms with Crippen molar-refractivity contribution in [3.05, 3.63) is 22.9 Å². The van der Waals surface area contributed by atoms with Gasteiger partial charge in [-0.3, -0.25) is 4.79 Å². The van der Waals surface area contributed by atoms with Gasteiger partial charge in [-0.05, 0) is 28.1 Å². The van der Waals surface area contributed by atoms with E-state index in [2.05, 4.69) is 30.9 Å². The van der Waals surface area contributed by atoms with Crippen LogP contribution in [0.15, 0.2) is 22.9 Å². The first-order chi connectivity index (χ1) is 10.5. The fraction of sp³-hybridized carbons (Fsp3) is 0.500. The first-order valence-corrected chi connectivity index (χ1v) is 8.92. The van der Waals surface area contributed by atoms with Crippen molar-refractivity contribution in [1.82, 2.24) is 19.5 Å². The first kappa shape index (κ1) is 15.6. The van der Waals surface area contributed by atoms with Gasteiger partial charge in [0.2, 0.25) is 0 Å². The minimum Gasteiger partial charge on any atom is -0.352 e. The van der Waals surface area contributed by atoms with Gasteiger partial charge in [0.05, 0.1) is 6.20 Å². The Morgan fingerprint density at radius 2 is 2.00 bits per heavy atom. The van der Waals surface area contributed by atoms with E-state index in [1.807, 2.05) is 30.9 Å². The van der Waals surface area contributed by atoms with Crippen molar-refractivity contribution in [1.29, 1.82) is 0 Å². The summed E-state index contributed by atoms with van der Waals surface area (Å²) in [5, 5.41) is 5.10. The summed E-state index contributed by atoms with van der Waals surface area (Å²) in [6.07, 6.45) is 1.74. The summed E-state index contributed by atoms with van der Waals surface area (Å²) in [5.74, 6) is 0.912. The fourth-order valence-electron chi connectivity index (χ4n) is 2.40. The lowest BCUT2D eigenvalue weighted by molar-refractivity contribution is 0.219. The number of hydrogen-bond donors (Lipinski definition) is 0. The van der Waals surface area contributed by atoms with Crippen molar-refractivity contribution >= 4 is 44.4 Å². The molecule has 0 aromatic carbocycles. The molecule has 118 valence electrons. The lowest BCUT2D eigenvalue weighted by Crippen LogP contribution is -2.48. The molecule has 1 amide bonds. The van der Waals surface area contributed by atoms with E-state index in [1.165, 1.54) is 11.8 Å². The van der Waals surface area contributed by atoms with Gasteiger partial charge in [-0.15, -0.1) is 5.10 Å². The number of carbonyl (C=O) groups is 1. The maximum Gasteiger partial charge on any atom is 0.282 e. The summed E-state index contributed by atoms with van der Waals surface area (Å²) in [6.45, 7) is 7.17. The van der Waals surface area contributed by atoms with E-state index in [9.17, 15) is 4.79 Å². The van der Waals surface area contributed by atoms with Crippen LogP contribution in [0.1, 0.15) is 13.8 Å². The van der Waals surface area contributed by atoms with Crippen LogP contribution >= 0.6 is 27.7 Å². The second-order valence-electron chi connectivity index (χ2n) is 5.45. The van der Waals surface area contributed by atoms with Crippen LogP contribution in [-0.2, 0) is 0 Å². The van der Waals surface area contributed by atoms with Crippen LogP contribution in [0.3, 0.4) is 0 Å². The average molecular weight is 384 g/mol. The number of rotatable bonds is 2. The minimum absolute atomic E-state index is 0.176. The number of anilines is 1. The maximum absolute atomic E-state index is 12.1. The van der Waals surface area contributed by atoms with Gasteiger partial charge < -0.3 is 9.80 Å². The molecule has 0 bridgehead atoms. The van der Waals surface area contributed by atoms with Crippen molar-refractivity contribution in [2.45, 2.75) is 19.1 Å². The predicted octanol–water partition coefficient (Wildman–Crippen LogP) is 2.88. The molecule has 0 unspecified atom stereocenters. The number of fused-ring (bicyclic) bond motifs is 1. The van der Waals surface area contributed by atoms with Crippen LogP contribution in [0.4, 0.5) is 10.6 Å². The minimum atomic E-state index is 0.176. The topological polar surface area (TPSA) is 53.7 Å². The van der Waals surface area contributed by atoms with Gasteiger partial charge in [-0.25, -0.2) is 9.50 Å². The number of imidazole rings is 1. The molecule has 1 aliphatic rings. The van der Waals surface area contributed by atoms with Crippen LogP contribution in [0.2, 0.25) is 0 Å². The Morgan fingerprint density at radius 1 is 1.27 bits per heavy atom. The zero-order chi connectivity index (χ0) is 15.7. The summed E-state index contributed by atoms with van der Waals surface area (Å²) in [6, 6.07) is 3.94. The largest absolute Gasteiger partial charge is 0.352 e. The summed E-state index contributed by atoms with van der Waals surface area (Å²) in [5.41, 5.74) is 0.817. The molecule has 0 atom stereocenters. The van der Waals surface area contributed by atoms with Gasteiger partial charge in [-0.1, -0.05) is 25.6 Å². The Bertz CT molecular complexity index is 681. The van der Waals surface area contributed by atoms with E-state index >= 15 is 0 Å². The van der Waals surface area contributed by atoms with E-state index in [4.69, 9.17) is 0 Å². The molecule has 0 aliphatic carbocycles. The molecule has 1 saturated heterocycles. The summed E-state index contributed by atoms with van der Waals surface area (Å²) in [7, 11) is 0. The Kier molecular flexibility index (Phi) is 4.58. The van der Waals surface area contributed by atoms with Crippen LogP contribution in [0.5, 0.6) is 0 Å². The van der Waals surface area contributed by atoms with Gasteiger partial charge >= 0.3 is 0 Å². The molecule has 1 aliphatic heterocycles. The molecule has 0 saturated carbocycles. The molecule has 8 heteroatoms. The number of halogens is 1. The van der Waals surface area contributed by atoms with E-state index in [-0.39, 0.29) is 5.24 Å². The molecule has 2 aromatic heterocycles. The van der Waals surface area contributed by atoms with Crippen LogP contribution in [0, 0.1) is 0 Å². The van der Waals surface area contributed by atoms with Gasteiger partial charge in [0.25, 0.3) is 5.24 Å². The lowest BCUT2D eigenvalue weighted by atomic mass is 10.3. The third-order valence-electron chi connectivity index (χ3n) is 3.51. The first-order valence-electron chi connectivity index (χ1n) is 7.25. The van der Waals surface area contributed by atoms with Crippen molar-refractivity contribution < 1.29 is 4.79 Å². The maximum atomic E-state index is 12.1. The number of hydrogen-bond acceptors (Lipinski definition) is 5. The molecule has 3 heterocycles. The smallest absolute Gasteiger partial charge is 0.282 e. The van der Waals surface area contributed by atoms with E-state index in [0.29, 0.717) is 5.25 Å². The van der Waals surface area contributed by atoms with Gasteiger partial charge in [0.1, 0.15) is 10.4 Å². The highest BCUT2D eigenvalue weighted by molar-refractivity contribution is 9.10. The molecular weight excluding hydrogens is 366 g/mol. The number of piperazine rings is 1. The molecule has 3 rings (SSSR count). The normalized spacial score (nSPS) is 15.8. The number of thioether (sulfide) groups is 1. The zero-order valence-corrected chi connectivity index (χ0v) is 15.0. The number of aromatic nitrogens is 3. The van der Waals surface area contributed by atoms with Crippen molar-refractivity contribution in [3.63, 3.8) is 0 Å². The molecule has 22 heavy (non-hydrogen) atoms. The highest BCUT2D eigenvalue weighted by Gasteiger charge is 2.23. The van der Waals surface area contributed by atoms with Crippen molar-refractivity contribution in [2.75, 3.05) is 31.1 Å². The van der Waals surface area contributed by atoms with Gasteiger partial charge in [0, 0.05) is 31.4 Å². The SMILES string of the molecule is CC(C)SC(=O)N1CCN(c2ccc3ncc(Br)n3n2)CC1. The van der Waals surface area contributed by atoms with Crippen LogP contribution in [-0.4, -0.2) is 56.2 Å². The van der Waals surface area contributed by atoms with E-state index in [1.54, 1.807) is 10.7 Å². The van der Waals surface area contributed by atoms with Crippen molar-refractivity contribution in [3.8, 4) is 0 Å². The number of carbonyl (C=O) groups excluding carboxylic acids is 1. The monoisotopic (exact) mass is 383 g/mol. The standard InChI is InChI=1S/C14H18BrN5OS/c1-10(2)22-14(21)19-7-5-18(6-8-19)13-4-3-12-16-9-11(15)20(12)17-13/h3-4,9-10H,5-8H2,1-2H3. The molecule has 1 fully saturated rings. The fourth-order valence-corrected chi connectivity index (χ4v) is 3.50. The molecular formula is C14H18BrN5OS. The van der Waals surface area contributed by atoms with E-state index in [0.717, 1.165) is 42.2 Å². The number of nitrogens with zero attached hydrogens (tertiary/aromatic N) is 5. The molecule has 6 nitrogen and oxygen atoms in total. The molecule has 0 N–H and O–H groups in total. The quantitative estimate of drug-likeness (QED) is 0.797. The zero-order valence-electron chi connectivity index (χ0n) is 12.6. The average Bonchev–Trinajstić information content (AvgIpc) is 2.88. The summed E-state index contributed by atoms with van der Waals surface area (Å²) >= 11 is 4.84.